The van der Waals surface area contributed by atoms with Crippen molar-refractivity contribution in [1.29, 1.82) is 0 Å². The molecule has 0 aliphatic heterocycles. The Balaban J connectivity index is 1.49. The predicted molar refractivity (Wildman–Crippen MR) is 122 cm³/mol. The molecule has 1 heterocycles. The fraction of sp³-hybridized carbons (Fsp3) is 0.261. The predicted octanol–water partition coefficient (Wildman–Crippen LogP) is 5.22. The van der Waals surface area contributed by atoms with Gasteiger partial charge in [0.15, 0.2) is 0 Å². The monoisotopic (exact) mass is 476 g/mol. The summed E-state index contributed by atoms with van der Waals surface area (Å²) in [6.45, 7) is 4.05. The molecule has 0 aliphatic rings. The van der Waals surface area contributed by atoms with E-state index in [1.807, 2.05) is 13.8 Å². The normalized spacial score (nSPS) is 11.3. The summed E-state index contributed by atoms with van der Waals surface area (Å²) >= 11 is 1.27. The minimum absolute atomic E-state index is 0.0308. The molecule has 6 nitrogen and oxygen atoms in total. The molecule has 2 aromatic carbocycles. The number of amides is 3. The van der Waals surface area contributed by atoms with Gasteiger partial charge in [-0.25, -0.2) is 9.78 Å². The Bertz CT molecular complexity index is 1090. The van der Waals surface area contributed by atoms with Crippen LogP contribution in [0, 0.1) is 0 Å². The Morgan fingerprint density at radius 1 is 1.03 bits per heavy atom. The molecule has 3 aromatic rings. The molecule has 33 heavy (non-hydrogen) atoms. The molecule has 3 amide bonds. The lowest BCUT2D eigenvalue weighted by atomic mass is 10.1. The van der Waals surface area contributed by atoms with E-state index in [-0.39, 0.29) is 24.4 Å². The van der Waals surface area contributed by atoms with Gasteiger partial charge in [-0.2, -0.15) is 13.2 Å². The van der Waals surface area contributed by atoms with E-state index in [4.69, 9.17) is 0 Å². The first-order valence-electron chi connectivity index (χ1n) is 10.2. The molecule has 0 unspecified atom stereocenters. The summed E-state index contributed by atoms with van der Waals surface area (Å²) < 4.78 is 38.1. The van der Waals surface area contributed by atoms with Crippen LogP contribution in [-0.4, -0.2) is 23.0 Å². The van der Waals surface area contributed by atoms with Gasteiger partial charge in [-0.1, -0.05) is 24.3 Å². The summed E-state index contributed by atoms with van der Waals surface area (Å²) in [6, 6.07) is 11.6. The van der Waals surface area contributed by atoms with Crippen molar-refractivity contribution < 1.29 is 22.8 Å². The van der Waals surface area contributed by atoms with Crippen LogP contribution in [0.5, 0.6) is 0 Å². The van der Waals surface area contributed by atoms with Gasteiger partial charge in [0.25, 0.3) is 0 Å². The van der Waals surface area contributed by atoms with Crippen LogP contribution in [0.2, 0.25) is 0 Å². The van der Waals surface area contributed by atoms with Crippen molar-refractivity contribution in [3.63, 3.8) is 0 Å². The summed E-state index contributed by atoms with van der Waals surface area (Å²) in [7, 11) is 0. The average molecular weight is 477 g/mol. The fourth-order valence-electron chi connectivity index (χ4n) is 2.89. The minimum Gasteiger partial charge on any atom is -0.352 e. The van der Waals surface area contributed by atoms with Crippen LogP contribution in [-0.2, 0) is 23.9 Å². The minimum atomic E-state index is -4.39. The van der Waals surface area contributed by atoms with E-state index >= 15 is 0 Å². The lowest BCUT2D eigenvalue weighted by Gasteiger charge is -2.10. The molecule has 0 saturated carbocycles. The van der Waals surface area contributed by atoms with Crippen LogP contribution in [0.25, 0.3) is 10.6 Å². The van der Waals surface area contributed by atoms with Gasteiger partial charge in [0.2, 0.25) is 5.91 Å². The second-order valence-corrected chi connectivity index (χ2v) is 8.48. The Morgan fingerprint density at radius 3 is 2.30 bits per heavy atom. The second-order valence-electron chi connectivity index (χ2n) is 7.62. The molecule has 1 aromatic heterocycles. The lowest BCUT2D eigenvalue weighted by molar-refractivity contribution is -0.137. The number of nitrogens with one attached hydrogen (secondary N) is 3. The van der Waals surface area contributed by atoms with Crippen molar-refractivity contribution in [2.75, 3.05) is 5.32 Å². The van der Waals surface area contributed by atoms with Crippen molar-refractivity contribution in [2.45, 2.75) is 39.0 Å². The van der Waals surface area contributed by atoms with Crippen LogP contribution in [0.4, 0.5) is 23.7 Å². The van der Waals surface area contributed by atoms with Gasteiger partial charge in [-0.05, 0) is 43.7 Å². The third kappa shape index (κ3) is 7.31. The fourth-order valence-corrected chi connectivity index (χ4v) is 3.71. The van der Waals surface area contributed by atoms with E-state index in [9.17, 15) is 22.8 Å². The van der Waals surface area contributed by atoms with E-state index < -0.39 is 11.7 Å². The molecule has 0 aliphatic carbocycles. The van der Waals surface area contributed by atoms with E-state index in [1.54, 1.807) is 29.6 Å². The number of carbonyl (C=O) groups excluding carboxylic acids is 2. The van der Waals surface area contributed by atoms with Crippen LogP contribution < -0.4 is 16.0 Å². The summed E-state index contributed by atoms with van der Waals surface area (Å²) in [5, 5.41) is 10.5. The first-order chi connectivity index (χ1) is 15.6. The molecule has 0 atom stereocenters. The zero-order valence-corrected chi connectivity index (χ0v) is 18.8. The van der Waals surface area contributed by atoms with Crippen molar-refractivity contribution >= 4 is 29.0 Å². The van der Waals surface area contributed by atoms with Crippen molar-refractivity contribution in [3.05, 3.63) is 70.7 Å². The summed E-state index contributed by atoms with van der Waals surface area (Å²) in [5.41, 5.74) is 1.90. The number of benzene rings is 2. The molecule has 3 N–H and O–H groups in total. The first kappa shape index (κ1) is 24.2. The summed E-state index contributed by atoms with van der Waals surface area (Å²) in [4.78, 5) is 28.3. The maximum absolute atomic E-state index is 12.7. The molecule has 0 saturated heterocycles. The summed E-state index contributed by atoms with van der Waals surface area (Å²) in [6.07, 6.45) is -4.32. The lowest BCUT2D eigenvalue weighted by Crippen LogP contribution is -2.34. The molecular formula is C23H23F3N4O2S. The number of thiazole rings is 1. The van der Waals surface area contributed by atoms with Crippen LogP contribution >= 0.6 is 11.3 Å². The van der Waals surface area contributed by atoms with Gasteiger partial charge in [0.1, 0.15) is 5.01 Å². The molecule has 0 spiro atoms. The molecule has 0 bridgehead atoms. The Morgan fingerprint density at radius 2 is 1.70 bits per heavy atom. The standard InChI is InChI=1S/C23H23F3N4O2S/c1-14(2)28-22(32)30-18-9-3-15(4-10-18)12-27-20(31)11-19-13-33-21(29-19)16-5-7-17(8-6-16)23(24,25)26/h3-10,13-14H,11-12H2,1-2H3,(H,27,31)(H2,28,30,32). The number of rotatable bonds is 7. The molecule has 174 valence electrons. The van der Waals surface area contributed by atoms with Gasteiger partial charge in [0.05, 0.1) is 17.7 Å². The number of halogens is 3. The highest BCUT2D eigenvalue weighted by atomic mass is 32.1. The number of alkyl halides is 3. The zero-order valence-electron chi connectivity index (χ0n) is 18.0. The highest BCUT2D eigenvalue weighted by molar-refractivity contribution is 7.13. The van der Waals surface area contributed by atoms with E-state index in [0.29, 0.717) is 28.5 Å². The van der Waals surface area contributed by atoms with Crippen LogP contribution in [0.15, 0.2) is 53.9 Å². The Hall–Kier alpha value is -3.40. The number of carbonyl (C=O) groups is 2. The number of urea groups is 1. The molecule has 0 radical (unpaired) electrons. The molecule has 3 rings (SSSR count). The number of hydrogen-bond acceptors (Lipinski definition) is 4. The largest absolute Gasteiger partial charge is 0.416 e. The van der Waals surface area contributed by atoms with Gasteiger partial charge in [-0.15, -0.1) is 11.3 Å². The van der Waals surface area contributed by atoms with Crippen molar-refractivity contribution in [1.82, 2.24) is 15.6 Å². The highest BCUT2D eigenvalue weighted by Gasteiger charge is 2.30. The number of anilines is 1. The van der Waals surface area contributed by atoms with Crippen LogP contribution in [0.3, 0.4) is 0 Å². The second kappa shape index (κ2) is 10.5. The Kier molecular flexibility index (Phi) is 7.70. The van der Waals surface area contributed by atoms with Crippen molar-refractivity contribution in [2.24, 2.45) is 0 Å². The SMILES string of the molecule is CC(C)NC(=O)Nc1ccc(CNC(=O)Cc2csc(-c3ccc(C(F)(F)F)cc3)n2)cc1. The van der Waals surface area contributed by atoms with Crippen molar-refractivity contribution in [3.8, 4) is 10.6 Å². The quantitative estimate of drug-likeness (QED) is 0.437. The first-order valence-corrected chi connectivity index (χ1v) is 11.0. The third-order valence-electron chi connectivity index (χ3n) is 4.47. The average Bonchev–Trinajstić information content (AvgIpc) is 3.20. The third-order valence-corrected chi connectivity index (χ3v) is 5.41. The van der Waals surface area contributed by atoms with E-state index in [2.05, 4.69) is 20.9 Å². The molecular weight excluding hydrogens is 453 g/mol. The van der Waals surface area contributed by atoms with E-state index in [0.717, 1.165) is 17.7 Å². The van der Waals surface area contributed by atoms with Gasteiger partial charge in [-0.3, -0.25) is 4.79 Å². The van der Waals surface area contributed by atoms with Gasteiger partial charge >= 0.3 is 12.2 Å². The van der Waals surface area contributed by atoms with E-state index in [1.165, 1.54) is 23.5 Å². The number of nitrogens with zero attached hydrogens (tertiary/aromatic N) is 1. The summed E-state index contributed by atoms with van der Waals surface area (Å²) in [5.74, 6) is -0.224. The zero-order chi connectivity index (χ0) is 24.0. The smallest absolute Gasteiger partial charge is 0.352 e. The molecule has 0 fully saturated rings. The molecule has 10 heteroatoms. The highest BCUT2D eigenvalue weighted by Crippen LogP contribution is 2.31. The van der Waals surface area contributed by atoms with Gasteiger partial charge in [0, 0.05) is 29.2 Å². The van der Waals surface area contributed by atoms with Gasteiger partial charge < -0.3 is 16.0 Å². The number of hydrogen-bond donors (Lipinski definition) is 3. The topological polar surface area (TPSA) is 83.1 Å². The maximum Gasteiger partial charge on any atom is 0.416 e. The van der Waals surface area contributed by atoms with Crippen LogP contribution in [0.1, 0.15) is 30.7 Å². The Labute approximate surface area is 193 Å². The maximum atomic E-state index is 12.7. The number of aromatic nitrogens is 1.